The molecule has 7 nitrogen and oxygen atoms in total. The first-order chi connectivity index (χ1) is 16.1. The Balaban J connectivity index is 0.000000914. The summed E-state index contributed by atoms with van der Waals surface area (Å²) < 4.78 is 3.22. The summed E-state index contributed by atoms with van der Waals surface area (Å²) in [5.74, 6) is 1.52. The van der Waals surface area contributed by atoms with Crippen molar-refractivity contribution in [3.63, 3.8) is 0 Å². The molecule has 8 heteroatoms. The molecule has 0 amide bonds. The minimum atomic E-state index is 0.299. The number of anilines is 2. The number of fused-ring (bicyclic) bond motifs is 1. The number of hydrogen-bond acceptors (Lipinski definition) is 6. The Labute approximate surface area is 206 Å². The van der Waals surface area contributed by atoms with E-state index in [1.807, 2.05) is 20.2 Å². The molecule has 2 aromatic heterocycles. The van der Waals surface area contributed by atoms with Gasteiger partial charge in [0.25, 0.3) is 0 Å². The second-order valence-corrected chi connectivity index (χ2v) is 9.01. The van der Waals surface area contributed by atoms with E-state index in [2.05, 4.69) is 80.8 Å². The molecule has 1 aliphatic carbocycles. The van der Waals surface area contributed by atoms with Gasteiger partial charge in [0.05, 0.1) is 6.33 Å². The highest BCUT2D eigenvalue weighted by atomic mass is 79.9. The Kier molecular flexibility index (Phi) is 11.1. The van der Waals surface area contributed by atoms with Crippen molar-refractivity contribution in [3.05, 3.63) is 40.6 Å². The van der Waals surface area contributed by atoms with Gasteiger partial charge in [-0.2, -0.15) is 9.97 Å². The molecule has 1 aliphatic rings. The molecule has 2 heterocycles. The first-order valence-corrected chi connectivity index (χ1v) is 12.6. The average molecular weight is 515 g/mol. The number of rotatable bonds is 7. The van der Waals surface area contributed by atoms with Crippen LogP contribution >= 0.6 is 15.9 Å². The monoisotopic (exact) mass is 513 g/mol. The van der Waals surface area contributed by atoms with Gasteiger partial charge in [0, 0.05) is 29.7 Å². The third-order valence-electron chi connectivity index (χ3n) is 5.54. The largest absolute Gasteiger partial charge is 0.368 e. The van der Waals surface area contributed by atoms with E-state index in [0.717, 1.165) is 34.4 Å². The molecule has 2 N–H and O–H groups in total. The zero-order valence-corrected chi connectivity index (χ0v) is 21.8. The normalized spacial score (nSPS) is 13.6. The Morgan fingerprint density at radius 3 is 2.39 bits per heavy atom. The summed E-state index contributed by atoms with van der Waals surface area (Å²) in [5.41, 5.74) is 3.02. The minimum absolute atomic E-state index is 0.299. The fourth-order valence-corrected chi connectivity index (χ4v) is 4.15. The van der Waals surface area contributed by atoms with Crippen molar-refractivity contribution in [2.24, 2.45) is 0 Å². The molecule has 0 unspecified atom stereocenters. The first kappa shape index (κ1) is 26.6. The van der Waals surface area contributed by atoms with Crippen LogP contribution in [0.15, 0.2) is 35.1 Å². The lowest BCUT2D eigenvalue weighted by Gasteiger charge is -2.23. The van der Waals surface area contributed by atoms with Crippen LogP contribution in [-0.4, -0.2) is 32.1 Å². The lowest BCUT2D eigenvalue weighted by atomic mass is 9.96. The van der Waals surface area contributed by atoms with Crippen LogP contribution in [0.5, 0.6) is 0 Å². The van der Waals surface area contributed by atoms with Crippen LogP contribution in [0.1, 0.15) is 71.4 Å². The van der Waals surface area contributed by atoms with Gasteiger partial charge in [0.15, 0.2) is 17.0 Å². The van der Waals surface area contributed by atoms with Gasteiger partial charge < -0.3 is 15.2 Å². The Morgan fingerprint density at radius 2 is 1.76 bits per heavy atom. The van der Waals surface area contributed by atoms with E-state index in [1.54, 1.807) is 0 Å². The van der Waals surface area contributed by atoms with Crippen LogP contribution in [0.4, 0.5) is 11.8 Å². The molecule has 33 heavy (non-hydrogen) atoms. The summed E-state index contributed by atoms with van der Waals surface area (Å²) >= 11 is 3.49. The van der Waals surface area contributed by atoms with E-state index in [1.165, 1.54) is 37.7 Å². The highest BCUT2D eigenvalue weighted by Crippen LogP contribution is 2.26. The standard InChI is InChI=1S/C22H29BrN6.C2H6.CHN/c1-15(2)29-14-25-19-20(24-13-12-16-8-10-17(23)11-9-16)27-22(28-21(19)29)26-18-6-4-3-5-7-18;2*1-2/h8-11,14-15,18H,3-7,12-13H2,1-2H3,(H2,24,26,27,28);1-2H3;1H. The second-order valence-electron chi connectivity index (χ2n) is 8.10. The van der Waals surface area contributed by atoms with Gasteiger partial charge in [-0.3, -0.25) is 0 Å². The smallest absolute Gasteiger partial charge is 0.227 e. The van der Waals surface area contributed by atoms with Gasteiger partial charge in [-0.05, 0) is 50.8 Å². The molecule has 3 aromatic rings. The van der Waals surface area contributed by atoms with Gasteiger partial charge in [0.1, 0.15) is 0 Å². The third kappa shape index (κ3) is 7.43. The van der Waals surface area contributed by atoms with Gasteiger partial charge >= 0.3 is 0 Å². The SMILES string of the molecule is C#N.CC.CC(C)n1cnc2c(NCCc3ccc(Br)cc3)nc(NC3CCCCC3)nc21. The van der Waals surface area contributed by atoms with Crippen molar-refractivity contribution in [2.75, 3.05) is 17.2 Å². The highest BCUT2D eigenvalue weighted by molar-refractivity contribution is 9.10. The van der Waals surface area contributed by atoms with Crippen molar-refractivity contribution in [3.8, 4) is 6.57 Å². The predicted octanol–water partition coefficient (Wildman–Crippen LogP) is 6.73. The molecule has 0 atom stereocenters. The molecule has 0 saturated heterocycles. The highest BCUT2D eigenvalue weighted by Gasteiger charge is 2.18. The Hall–Kier alpha value is -2.66. The summed E-state index contributed by atoms with van der Waals surface area (Å²) in [6.45, 7) is 12.6. The lowest BCUT2D eigenvalue weighted by molar-refractivity contribution is 0.461. The summed E-state index contributed by atoms with van der Waals surface area (Å²) in [6, 6.07) is 9.21. The molecule has 0 bridgehead atoms. The van der Waals surface area contributed by atoms with Gasteiger partial charge in [-0.15, -0.1) is 0 Å². The van der Waals surface area contributed by atoms with Gasteiger partial charge in [-0.1, -0.05) is 61.2 Å². The summed E-state index contributed by atoms with van der Waals surface area (Å²) in [7, 11) is 0. The van der Waals surface area contributed by atoms with Crippen LogP contribution in [0.3, 0.4) is 0 Å². The van der Waals surface area contributed by atoms with E-state index >= 15 is 0 Å². The number of nitrogens with one attached hydrogen (secondary N) is 2. The zero-order valence-electron chi connectivity index (χ0n) is 20.2. The predicted molar refractivity (Wildman–Crippen MR) is 141 cm³/mol. The topological polar surface area (TPSA) is 91.5 Å². The molecule has 1 saturated carbocycles. The number of nitrogens with zero attached hydrogens (tertiary/aromatic N) is 5. The fraction of sp³-hybridized carbons (Fsp3) is 0.520. The number of halogens is 1. The molecule has 1 fully saturated rings. The zero-order chi connectivity index (χ0) is 24.2. The van der Waals surface area contributed by atoms with E-state index in [4.69, 9.17) is 15.2 Å². The summed E-state index contributed by atoms with van der Waals surface area (Å²) in [4.78, 5) is 14.2. The molecular weight excluding hydrogens is 478 g/mol. The van der Waals surface area contributed by atoms with Crippen molar-refractivity contribution in [2.45, 2.75) is 78.3 Å². The molecule has 4 rings (SSSR count). The van der Waals surface area contributed by atoms with Gasteiger partial charge in [-0.25, -0.2) is 10.2 Å². The van der Waals surface area contributed by atoms with E-state index in [-0.39, 0.29) is 0 Å². The molecular formula is C25H36BrN7. The minimum Gasteiger partial charge on any atom is -0.368 e. The van der Waals surface area contributed by atoms with Crippen molar-refractivity contribution in [1.82, 2.24) is 19.5 Å². The van der Waals surface area contributed by atoms with Crippen molar-refractivity contribution in [1.29, 1.82) is 5.26 Å². The molecule has 0 spiro atoms. The van der Waals surface area contributed by atoms with E-state index in [9.17, 15) is 0 Å². The molecule has 0 aliphatic heterocycles. The van der Waals surface area contributed by atoms with Gasteiger partial charge in [0.2, 0.25) is 5.95 Å². The summed E-state index contributed by atoms with van der Waals surface area (Å²) in [5, 5.41) is 13.6. The Morgan fingerprint density at radius 1 is 1.09 bits per heavy atom. The Bertz CT molecular complexity index is 989. The maximum Gasteiger partial charge on any atom is 0.227 e. The quantitative estimate of drug-likeness (QED) is 0.363. The maximum absolute atomic E-state index is 6.50. The average Bonchev–Trinajstić information content (AvgIpc) is 3.28. The van der Waals surface area contributed by atoms with Crippen LogP contribution in [-0.2, 0) is 6.42 Å². The molecule has 0 radical (unpaired) electrons. The number of benzene rings is 1. The maximum atomic E-state index is 6.50. The number of aromatic nitrogens is 4. The van der Waals surface area contributed by atoms with E-state index in [0.29, 0.717) is 18.0 Å². The molecule has 1 aromatic carbocycles. The number of hydrogen-bond donors (Lipinski definition) is 2. The second kappa shape index (κ2) is 13.8. The van der Waals surface area contributed by atoms with Crippen LogP contribution in [0.25, 0.3) is 11.2 Å². The third-order valence-corrected chi connectivity index (χ3v) is 6.06. The number of nitriles is 1. The van der Waals surface area contributed by atoms with Crippen LogP contribution in [0.2, 0.25) is 0 Å². The first-order valence-electron chi connectivity index (χ1n) is 11.9. The fourth-order valence-electron chi connectivity index (χ4n) is 3.89. The van der Waals surface area contributed by atoms with Crippen LogP contribution in [0, 0.1) is 11.8 Å². The van der Waals surface area contributed by atoms with Crippen molar-refractivity contribution >= 4 is 38.9 Å². The van der Waals surface area contributed by atoms with Crippen LogP contribution < -0.4 is 10.6 Å². The summed E-state index contributed by atoms with van der Waals surface area (Å²) in [6.07, 6.45) is 9.07. The van der Waals surface area contributed by atoms with E-state index < -0.39 is 0 Å². The lowest BCUT2D eigenvalue weighted by Crippen LogP contribution is -2.24. The van der Waals surface area contributed by atoms with Crippen molar-refractivity contribution < 1.29 is 0 Å². The molecule has 178 valence electrons. The number of imidazole rings is 1.